The minimum absolute atomic E-state index is 0.0179. The van der Waals surface area contributed by atoms with Crippen LogP contribution in [0.5, 0.6) is 0 Å². The van der Waals surface area contributed by atoms with Gasteiger partial charge in [-0.25, -0.2) is 16.8 Å². The van der Waals surface area contributed by atoms with E-state index in [2.05, 4.69) is 9.44 Å². The zero-order valence-electron chi connectivity index (χ0n) is 15.5. The smallest absolute Gasteiger partial charge is 0.271 e. The number of rotatable bonds is 6. The van der Waals surface area contributed by atoms with Gasteiger partial charge in [0.25, 0.3) is 20.0 Å². The second-order valence-electron chi connectivity index (χ2n) is 6.46. The SMILES string of the molecule is O=S(=O)(Nc1cc(Cl)c(Cl)cc1NS(=O)(=O)c1cccs1)c1ccc2ccccc2c1. The zero-order chi connectivity index (χ0) is 22.2. The summed E-state index contributed by atoms with van der Waals surface area (Å²) in [6, 6.07) is 17.6. The Morgan fingerprint density at radius 1 is 0.677 bits per heavy atom. The van der Waals surface area contributed by atoms with Crippen LogP contribution in [0.25, 0.3) is 10.8 Å². The molecule has 0 saturated carbocycles. The lowest BCUT2D eigenvalue weighted by Gasteiger charge is -2.15. The van der Waals surface area contributed by atoms with Gasteiger partial charge in [0, 0.05) is 0 Å². The van der Waals surface area contributed by atoms with Gasteiger partial charge in [-0.1, -0.05) is 59.6 Å². The molecule has 160 valence electrons. The van der Waals surface area contributed by atoms with Gasteiger partial charge in [0.2, 0.25) is 0 Å². The molecule has 31 heavy (non-hydrogen) atoms. The molecule has 4 aromatic rings. The van der Waals surface area contributed by atoms with Gasteiger partial charge in [0.1, 0.15) is 4.21 Å². The molecule has 1 heterocycles. The molecule has 0 radical (unpaired) electrons. The van der Waals surface area contributed by atoms with Crippen LogP contribution in [0.4, 0.5) is 11.4 Å². The van der Waals surface area contributed by atoms with Gasteiger partial charge in [-0.05, 0) is 46.5 Å². The van der Waals surface area contributed by atoms with E-state index in [1.165, 1.54) is 30.3 Å². The summed E-state index contributed by atoms with van der Waals surface area (Å²) in [4.78, 5) is 0.0179. The van der Waals surface area contributed by atoms with Crippen LogP contribution in [-0.4, -0.2) is 16.8 Å². The van der Waals surface area contributed by atoms with Crippen molar-refractivity contribution >= 4 is 76.7 Å². The molecular formula is C20H14Cl2N2O4S3. The number of thiophene rings is 1. The second-order valence-corrected chi connectivity index (χ2v) is 11.8. The minimum Gasteiger partial charge on any atom is -0.277 e. The maximum atomic E-state index is 13.0. The van der Waals surface area contributed by atoms with Crippen molar-refractivity contribution in [2.45, 2.75) is 9.10 Å². The minimum atomic E-state index is -4.05. The average Bonchev–Trinajstić information content (AvgIpc) is 3.27. The van der Waals surface area contributed by atoms with Gasteiger partial charge >= 0.3 is 0 Å². The Balaban J connectivity index is 1.74. The largest absolute Gasteiger partial charge is 0.277 e. The van der Waals surface area contributed by atoms with Crippen molar-refractivity contribution in [2.24, 2.45) is 0 Å². The number of halogens is 2. The van der Waals surface area contributed by atoms with Crippen LogP contribution >= 0.6 is 34.5 Å². The predicted octanol–water partition coefficient (Wildman–Crippen LogP) is 5.81. The quantitative estimate of drug-likeness (QED) is 0.340. The third kappa shape index (κ3) is 4.65. The molecule has 6 nitrogen and oxygen atoms in total. The van der Waals surface area contributed by atoms with Crippen LogP contribution in [0.2, 0.25) is 10.0 Å². The summed E-state index contributed by atoms with van der Waals surface area (Å²) in [7, 11) is -7.99. The lowest BCUT2D eigenvalue weighted by Crippen LogP contribution is -2.17. The molecule has 0 atom stereocenters. The fraction of sp³-hybridized carbons (Fsp3) is 0. The van der Waals surface area contributed by atoms with Crippen LogP contribution in [0.3, 0.4) is 0 Å². The highest BCUT2D eigenvalue weighted by Gasteiger charge is 2.22. The first-order valence-corrected chi connectivity index (χ1v) is 13.3. The summed E-state index contributed by atoms with van der Waals surface area (Å²) < 4.78 is 56.2. The number of benzene rings is 3. The molecule has 0 amide bonds. The van der Waals surface area contributed by atoms with Crippen molar-refractivity contribution in [1.82, 2.24) is 0 Å². The molecular weight excluding hydrogens is 499 g/mol. The summed E-state index contributed by atoms with van der Waals surface area (Å²) in [5.74, 6) is 0. The molecule has 0 spiro atoms. The molecule has 3 aromatic carbocycles. The van der Waals surface area contributed by atoms with Crippen LogP contribution in [-0.2, 0) is 20.0 Å². The highest BCUT2D eigenvalue weighted by atomic mass is 35.5. The highest BCUT2D eigenvalue weighted by Crippen LogP contribution is 2.35. The summed E-state index contributed by atoms with van der Waals surface area (Å²) >= 11 is 13.1. The fourth-order valence-corrected chi connectivity index (χ4v) is 6.36. The second kappa shape index (κ2) is 8.33. The summed E-state index contributed by atoms with van der Waals surface area (Å²) in [5.41, 5.74) is -0.102. The van der Waals surface area contributed by atoms with Crippen LogP contribution < -0.4 is 9.44 Å². The Hall–Kier alpha value is -2.30. The Bertz CT molecular complexity index is 1490. The normalized spacial score (nSPS) is 12.1. The third-order valence-corrected chi connectivity index (χ3v) is 9.19. The van der Waals surface area contributed by atoms with E-state index in [1.807, 2.05) is 18.2 Å². The Labute approximate surface area is 193 Å². The fourth-order valence-electron chi connectivity index (χ4n) is 2.87. The standard InChI is InChI=1S/C20H14Cl2N2O4S3/c21-16-11-18(19(12-17(16)22)24-31(27,28)20-6-3-9-29-20)23-30(25,26)15-8-7-13-4-1-2-5-14(13)10-15/h1-12,23-24H. The summed E-state index contributed by atoms with van der Waals surface area (Å²) in [6.45, 7) is 0. The Morgan fingerprint density at radius 3 is 1.90 bits per heavy atom. The monoisotopic (exact) mass is 512 g/mol. The first-order valence-electron chi connectivity index (χ1n) is 8.73. The van der Waals surface area contributed by atoms with Crippen LogP contribution in [0, 0.1) is 0 Å². The van der Waals surface area contributed by atoms with E-state index in [0.717, 1.165) is 22.1 Å². The molecule has 4 rings (SSSR count). The van der Waals surface area contributed by atoms with Gasteiger partial charge in [0.05, 0.1) is 26.3 Å². The van der Waals surface area contributed by atoms with E-state index in [-0.39, 0.29) is 30.5 Å². The van der Waals surface area contributed by atoms with Crippen molar-refractivity contribution in [1.29, 1.82) is 0 Å². The van der Waals surface area contributed by atoms with E-state index in [4.69, 9.17) is 23.2 Å². The van der Waals surface area contributed by atoms with Crippen molar-refractivity contribution in [2.75, 3.05) is 9.44 Å². The number of hydrogen-bond acceptors (Lipinski definition) is 5. The van der Waals surface area contributed by atoms with E-state index >= 15 is 0 Å². The lowest BCUT2D eigenvalue weighted by atomic mass is 10.1. The molecule has 2 N–H and O–H groups in total. The average molecular weight is 513 g/mol. The molecule has 11 heteroatoms. The summed E-state index contributed by atoms with van der Waals surface area (Å²) in [6.07, 6.45) is 0. The van der Waals surface area contributed by atoms with Crippen molar-refractivity contribution in [3.8, 4) is 0 Å². The van der Waals surface area contributed by atoms with Crippen LogP contribution in [0.1, 0.15) is 0 Å². The maximum absolute atomic E-state index is 13.0. The van der Waals surface area contributed by atoms with Crippen molar-refractivity contribution in [3.63, 3.8) is 0 Å². The van der Waals surface area contributed by atoms with Gasteiger partial charge < -0.3 is 0 Å². The number of fused-ring (bicyclic) bond motifs is 1. The van der Waals surface area contributed by atoms with Gasteiger partial charge in [0.15, 0.2) is 0 Å². The van der Waals surface area contributed by atoms with Crippen molar-refractivity contribution < 1.29 is 16.8 Å². The Morgan fingerprint density at radius 2 is 1.29 bits per heavy atom. The number of hydrogen-bond donors (Lipinski definition) is 2. The van der Waals surface area contributed by atoms with Gasteiger partial charge in [-0.3, -0.25) is 9.44 Å². The lowest BCUT2D eigenvalue weighted by molar-refractivity contribution is 0.599. The molecule has 0 unspecified atom stereocenters. The molecule has 0 bridgehead atoms. The molecule has 0 saturated heterocycles. The first kappa shape index (κ1) is 21.9. The maximum Gasteiger partial charge on any atom is 0.271 e. The van der Waals surface area contributed by atoms with E-state index in [1.54, 1.807) is 23.6 Å². The van der Waals surface area contributed by atoms with E-state index in [0.29, 0.717) is 0 Å². The Kier molecular flexibility index (Phi) is 5.89. The van der Waals surface area contributed by atoms with Gasteiger partial charge in [-0.2, -0.15) is 0 Å². The predicted molar refractivity (Wildman–Crippen MR) is 126 cm³/mol. The first-order chi connectivity index (χ1) is 14.7. The molecule has 0 fully saturated rings. The number of nitrogens with one attached hydrogen (secondary N) is 2. The molecule has 1 aromatic heterocycles. The zero-order valence-corrected chi connectivity index (χ0v) is 19.5. The van der Waals surface area contributed by atoms with E-state index < -0.39 is 20.0 Å². The number of anilines is 2. The van der Waals surface area contributed by atoms with Gasteiger partial charge in [-0.15, -0.1) is 11.3 Å². The van der Waals surface area contributed by atoms with Crippen LogP contribution in [0.15, 0.2) is 81.2 Å². The number of sulfonamides is 2. The topological polar surface area (TPSA) is 92.3 Å². The molecule has 0 aliphatic carbocycles. The summed E-state index contributed by atoms with van der Waals surface area (Å²) in [5, 5.41) is 3.39. The highest BCUT2D eigenvalue weighted by molar-refractivity contribution is 7.94. The molecule has 0 aliphatic heterocycles. The van der Waals surface area contributed by atoms with E-state index in [9.17, 15) is 16.8 Å². The van der Waals surface area contributed by atoms with Crippen molar-refractivity contribution in [3.05, 3.63) is 82.2 Å². The third-order valence-electron chi connectivity index (χ3n) is 4.34. The molecule has 0 aliphatic rings.